The number of carbonyl (C=O) groups excluding carboxylic acids is 2. The first-order chi connectivity index (χ1) is 15.2. The maximum Gasteiger partial charge on any atom is 0.428 e. The normalized spacial score (nSPS) is 20.1. The number of rotatable bonds is 6. The lowest BCUT2D eigenvalue weighted by atomic mass is 9.90. The van der Waals surface area contributed by atoms with Crippen LogP contribution in [0.15, 0.2) is 41.3 Å². The maximum absolute atomic E-state index is 13.4. The first-order valence-corrected chi connectivity index (χ1v) is 9.86. The van der Waals surface area contributed by atoms with Crippen LogP contribution in [0.5, 0.6) is 0 Å². The van der Waals surface area contributed by atoms with Gasteiger partial charge in [-0.05, 0) is 32.4 Å². The highest BCUT2D eigenvalue weighted by molar-refractivity contribution is 6.00. The minimum Gasteiger partial charge on any atom is -0.389 e. The molecule has 3 rings (SSSR count). The summed E-state index contributed by atoms with van der Waals surface area (Å²) in [5, 5.41) is 25.3. The average Bonchev–Trinajstić information content (AvgIpc) is 3.14. The van der Waals surface area contributed by atoms with E-state index in [1.165, 1.54) is 37.2 Å². The Bertz CT molecular complexity index is 1070. The van der Waals surface area contributed by atoms with Gasteiger partial charge in [-0.25, -0.2) is 4.99 Å². The van der Waals surface area contributed by atoms with Gasteiger partial charge in [-0.3, -0.25) is 9.59 Å². The molecule has 0 bridgehead atoms. The third-order valence-electron chi connectivity index (χ3n) is 5.20. The third kappa shape index (κ3) is 4.57. The summed E-state index contributed by atoms with van der Waals surface area (Å²) < 4.78 is 40.2. The second-order valence-electron chi connectivity index (χ2n) is 8.46. The van der Waals surface area contributed by atoms with Crippen molar-refractivity contribution in [1.29, 1.82) is 0 Å². The number of aliphatic imine (C=N–C) groups is 1. The Hall–Kier alpha value is -3.38. The Kier molecular flexibility index (Phi) is 6.03. The van der Waals surface area contributed by atoms with Crippen molar-refractivity contribution in [3.8, 4) is 0 Å². The molecule has 33 heavy (non-hydrogen) atoms. The number of carbonyl (C=O) groups is 2. The number of aliphatic hydroxyl groups is 2. The van der Waals surface area contributed by atoms with Crippen LogP contribution in [0.25, 0.3) is 5.70 Å². The van der Waals surface area contributed by atoms with E-state index in [2.05, 4.69) is 15.6 Å². The van der Waals surface area contributed by atoms with Gasteiger partial charge in [0.15, 0.2) is 12.5 Å². The van der Waals surface area contributed by atoms with Crippen LogP contribution in [-0.4, -0.2) is 57.6 Å². The molecule has 2 heterocycles. The molecule has 1 amide bonds. The van der Waals surface area contributed by atoms with Crippen molar-refractivity contribution in [3.05, 3.63) is 53.0 Å². The molecule has 0 aliphatic carbocycles. The molecule has 0 spiro atoms. The fraction of sp³-hybridized carbons (Fsp3) is 0.381. The van der Waals surface area contributed by atoms with Crippen LogP contribution < -0.4 is 16.4 Å². The smallest absolute Gasteiger partial charge is 0.389 e. The van der Waals surface area contributed by atoms with E-state index < -0.39 is 41.3 Å². The zero-order valence-electron chi connectivity index (χ0n) is 18.1. The minimum absolute atomic E-state index is 0.0330. The first-order valence-electron chi connectivity index (χ1n) is 9.86. The number of nitrogens with one attached hydrogen (secondary N) is 2. The fourth-order valence-electron chi connectivity index (χ4n) is 3.33. The SMILES string of the molecule is Cc1ccc(C(O)(C=O)C(F)(F)F)cc1C1=CNC2C(N)=NC(C(=O)NCC(C)(C)O)=CN12. The number of hydrogen-bond acceptors (Lipinski definition) is 8. The van der Waals surface area contributed by atoms with Gasteiger partial charge in [-0.2, -0.15) is 13.2 Å². The van der Waals surface area contributed by atoms with Crippen LogP contribution in [0.4, 0.5) is 13.2 Å². The van der Waals surface area contributed by atoms with Gasteiger partial charge in [0.1, 0.15) is 11.5 Å². The van der Waals surface area contributed by atoms with Crippen LogP contribution in [0.3, 0.4) is 0 Å². The number of nitrogens with zero attached hydrogens (tertiary/aromatic N) is 2. The molecule has 0 aromatic heterocycles. The van der Waals surface area contributed by atoms with Crippen LogP contribution in [0, 0.1) is 6.92 Å². The van der Waals surface area contributed by atoms with Crippen molar-refractivity contribution < 1.29 is 33.0 Å². The van der Waals surface area contributed by atoms with Gasteiger partial charge in [0.05, 0.1) is 11.3 Å². The minimum atomic E-state index is -5.22. The zero-order valence-corrected chi connectivity index (χ0v) is 18.1. The fourth-order valence-corrected chi connectivity index (χ4v) is 3.33. The summed E-state index contributed by atoms with van der Waals surface area (Å²) in [6, 6.07) is 3.44. The number of halogens is 3. The molecule has 0 fully saturated rings. The maximum atomic E-state index is 13.4. The van der Waals surface area contributed by atoms with E-state index in [4.69, 9.17) is 5.73 Å². The standard InChI is InChI=1S/C21H24F3N5O4/c1-11-4-5-12(20(33,10-30)21(22,23)24)6-13(11)15-7-26-17-16(25)28-14(8-29(15)17)18(31)27-9-19(2,3)32/h4-8,10,17,26,32-33H,9H2,1-3H3,(H2,25,28)(H,27,31). The molecular formula is C21H24F3N5O4. The molecular weight excluding hydrogens is 443 g/mol. The molecule has 0 radical (unpaired) electrons. The van der Waals surface area contributed by atoms with E-state index >= 15 is 0 Å². The molecule has 1 aromatic carbocycles. The van der Waals surface area contributed by atoms with E-state index in [1.807, 2.05) is 0 Å². The number of aldehydes is 1. The van der Waals surface area contributed by atoms with Gasteiger partial charge in [0.2, 0.25) is 5.60 Å². The topological polar surface area (TPSA) is 140 Å². The number of fused-ring (bicyclic) bond motifs is 1. The molecule has 2 aliphatic heterocycles. The molecule has 0 saturated heterocycles. The van der Waals surface area contributed by atoms with Crippen molar-refractivity contribution >= 4 is 23.7 Å². The second kappa shape index (κ2) is 8.19. The molecule has 0 saturated carbocycles. The average molecular weight is 467 g/mol. The first kappa shape index (κ1) is 24.3. The van der Waals surface area contributed by atoms with Crippen LogP contribution >= 0.6 is 0 Å². The summed E-state index contributed by atoms with van der Waals surface area (Å²) in [5.41, 5.74) is 1.60. The Morgan fingerprint density at radius 2 is 2.00 bits per heavy atom. The largest absolute Gasteiger partial charge is 0.428 e. The van der Waals surface area contributed by atoms with Gasteiger partial charge in [0.25, 0.3) is 5.91 Å². The predicted octanol–water partition coefficient (Wildman–Crippen LogP) is 0.573. The van der Waals surface area contributed by atoms with Crippen LogP contribution in [0.2, 0.25) is 0 Å². The molecule has 1 aromatic rings. The number of nitrogens with two attached hydrogens (primary N) is 1. The van der Waals surface area contributed by atoms with E-state index in [-0.39, 0.29) is 23.6 Å². The van der Waals surface area contributed by atoms with Gasteiger partial charge in [-0.1, -0.05) is 12.1 Å². The monoisotopic (exact) mass is 467 g/mol. The lowest BCUT2D eigenvalue weighted by Gasteiger charge is -2.31. The highest BCUT2D eigenvalue weighted by atomic mass is 19.4. The van der Waals surface area contributed by atoms with Gasteiger partial charge < -0.3 is 31.5 Å². The van der Waals surface area contributed by atoms with Gasteiger partial charge in [-0.15, -0.1) is 0 Å². The highest BCUT2D eigenvalue weighted by Crippen LogP contribution is 2.39. The Morgan fingerprint density at radius 3 is 2.58 bits per heavy atom. The predicted molar refractivity (Wildman–Crippen MR) is 113 cm³/mol. The molecule has 2 aliphatic rings. The van der Waals surface area contributed by atoms with E-state index in [9.17, 15) is 33.0 Å². The summed E-state index contributed by atoms with van der Waals surface area (Å²) in [7, 11) is 0. The highest BCUT2D eigenvalue weighted by Gasteiger charge is 2.55. The molecule has 6 N–H and O–H groups in total. The molecule has 178 valence electrons. The van der Waals surface area contributed by atoms with Crippen molar-refractivity contribution in [3.63, 3.8) is 0 Å². The van der Waals surface area contributed by atoms with Crippen molar-refractivity contribution in [2.75, 3.05) is 6.54 Å². The molecule has 9 nitrogen and oxygen atoms in total. The summed E-state index contributed by atoms with van der Waals surface area (Å²) in [6.45, 7) is 4.62. The molecule has 2 unspecified atom stereocenters. The number of amidine groups is 1. The Balaban J connectivity index is 1.99. The van der Waals surface area contributed by atoms with Crippen molar-refractivity contribution in [2.24, 2.45) is 10.7 Å². The van der Waals surface area contributed by atoms with Crippen molar-refractivity contribution in [1.82, 2.24) is 15.5 Å². The zero-order chi connectivity index (χ0) is 24.8. The molecule has 12 heteroatoms. The van der Waals surface area contributed by atoms with Crippen molar-refractivity contribution in [2.45, 2.75) is 44.3 Å². The number of alkyl halides is 3. The van der Waals surface area contributed by atoms with Gasteiger partial charge >= 0.3 is 6.18 Å². The Morgan fingerprint density at radius 1 is 1.33 bits per heavy atom. The molecule has 2 atom stereocenters. The summed E-state index contributed by atoms with van der Waals surface area (Å²) in [5.74, 6) is -0.576. The number of benzene rings is 1. The van der Waals surface area contributed by atoms with Crippen LogP contribution in [-0.2, 0) is 15.2 Å². The number of amides is 1. The van der Waals surface area contributed by atoms with E-state index in [0.717, 1.165) is 12.1 Å². The lowest BCUT2D eigenvalue weighted by Crippen LogP contribution is -2.48. The van der Waals surface area contributed by atoms with Gasteiger partial charge in [0, 0.05) is 30.1 Å². The van der Waals surface area contributed by atoms with E-state index in [1.54, 1.807) is 6.92 Å². The summed E-state index contributed by atoms with van der Waals surface area (Å²) in [4.78, 5) is 29.3. The number of aryl methyl sites for hydroxylation is 1. The summed E-state index contributed by atoms with van der Waals surface area (Å²) in [6.07, 6.45) is -3.61. The quantitative estimate of drug-likeness (QED) is 0.386. The third-order valence-corrected chi connectivity index (χ3v) is 5.20. The lowest BCUT2D eigenvalue weighted by molar-refractivity contribution is -0.249. The van der Waals surface area contributed by atoms with Crippen LogP contribution in [0.1, 0.15) is 30.5 Å². The summed E-state index contributed by atoms with van der Waals surface area (Å²) >= 11 is 0. The second-order valence-corrected chi connectivity index (χ2v) is 8.46. The number of hydrogen-bond donors (Lipinski definition) is 5. The Labute approximate surface area is 187 Å². The van der Waals surface area contributed by atoms with E-state index in [0.29, 0.717) is 11.3 Å².